The van der Waals surface area contributed by atoms with Crippen LogP contribution in [0.5, 0.6) is 28.7 Å². The average Bonchev–Trinajstić information content (AvgIpc) is 2.61. The third-order valence-electron chi connectivity index (χ3n) is 3.45. The maximum atomic E-state index is 9.95. The van der Waals surface area contributed by atoms with E-state index in [-0.39, 0.29) is 38.1 Å². The van der Waals surface area contributed by atoms with E-state index < -0.39 is 0 Å². The molecule has 134 valence electrons. The molecule has 4 nitrogen and oxygen atoms in total. The normalized spacial score (nSPS) is 10.6. The highest BCUT2D eigenvalue weighted by Gasteiger charge is 2.16. The third kappa shape index (κ3) is 4.28. The van der Waals surface area contributed by atoms with Gasteiger partial charge in [-0.1, -0.05) is 65.1 Å². The molecule has 0 bridgehead atoms. The minimum absolute atomic E-state index is 0.0601. The first-order chi connectivity index (χ1) is 12.4. The van der Waals surface area contributed by atoms with Crippen molar-refractivity contribution in [3.63, 3.8) is 0 Å². The van der Waals surface area contributed by atoms with Crippen molar-refractivity contribution in [3.8, 4) is 28.7 Å². The zero-order valence-corrected chi connectivity index (χ0v) is 15.5. The Morgan fingerprint density at radius 1 is 0.808 bits per heavy atom. The van der Waals surface area contributed by atoms with Gasteiger partial charge >= 0.3 is 0 Å². The summed E-state index contributed by atoms with van der Waals surface area (Å²) in [5.41, 5.74) is 0.999. The van der Waals surface area contributed by atoms with Crippen molar-refractivity contribution in [3.05, 3.63) is 75.2 Å². The van der Waals surface area contributed by atoms with Crippen LogP contribution in [-0.4, -0.2) is 10.2 Å². The fraction of sp³-hybridized carbons (Fsp3) is 0.0526. The van der Waals surface area contributed by atoms with Crippen molar-refractivity contribution in [1.29, 1.82) is 0 Å². The number of ether oxygens (including phenoxy) is 2. The molecule has 0 atom stereocenters. The smallest absolute Gasteiger partial charge is 0.177 e. The lowest BCUT2D eigenvalue weighted by atomic mass is 10.2. The van der Waals surface area contributed by atoms with E-state index in [1.807, 2.05) is 30.3 Å². The lowest BCUT2D eigenvalue weighted by Gasteiger charge is -2.14. The fourth-order valence-corrected chi connectivity index (χ4v) is 2.96. The number of hydrogen-bond acceptors (Lipinski definition) is 4. The summed E-state index contributed by atoms with van der Waals surface area (Å²) in [5, 5.41) is 19.8. The summed E-state index contributed by atoms with van der Waals surface area (Å²) >= 11 is 18.3. The summed E-state index contributed by atoms with van der Waals surface area (Å²) in [5.74, 6) is 0.00217. The summed E-state index contributed by atoms with van der Waals surface area (Å²) < 4.78 is 11.2. The van der Waals surface area contributed by atoms with Gasteiger partial charge in [0, 0.05) is 24.3 Å². The molecule has 0 aliphatic rings. The average molecular weight is 412 g/mol. The molecule has 0 saturated carbocycles. The Morgan fingerprint density at radius 3 is 2.12 bits per heavy atom. The van der Waals surface area contributed by atoms with Gasteiger partial charge in [-0.25, -0.2) is 0 Å². The van der Waals surface area contributed by atoms with E-state index in [0.717, 1.165) is 5.56 Å². The van der Waals surface area contributed by atoms with Gasteiger partial charge in [0.25, 0.3) is 0 Å². The Balaban J connectivity index is 1.82. The van der Waals surface area contributed by atoms with E-state index in [1.165, 1.54) is 12.1 Å². The van der Waals surface area contributed by atoms with Crippen molar-refractivity contribution < 1.29 is 19.7 Å². The zero-order chi connectivity index (χ0) is 18.7. The molecule has 7 heteroatoms. The number of hydrogen-bond donors (Lipinski definition) is 2. The van der Waals surface area contributed by atoms with Crippen LogP contribution in [0.1, 0.15) is 5.56 Å². The topological polar surface area (TPSA) is 58.9 Å². The van der Waals surface area contributed by atoms with E-state index in [1.54, 1.807) is 12.1 Å². The van der Waals surface area contributed by atoms with Gasteiger partial charge in [-0.05, 0) is 5.56 Å². The molecule has 0 radical (unpaired) electrons. The molecule has 2 N–H and O–H groups in total. The minimum atomic E-state index is -0.332. The third-order valence-corrected chi connectivity index (χ3v) is 4.29. The van der Waals surface area contributed by atoms with E-state index in [0.29, 0.717) is 12.4 Å². The molecule has 0 fully saturated rings. The van der Waals surface area contributed by atoms with Crippen LogP contribution in [0.25, 0.3) is 0 Å². The SMILES string of the molecule is Oc1cc(Cl)c(O)c(Oc2c(Cl)cc(OCc3ccccc3)cc2Cl)c1. The lowest BCUT2D eigenvalue weighted by Crippen LogP contribution is -1.96. The minimum Gasteiger partial charge on any atom is -0.508 e. The summed E-state index contributed by atoms with van der Waals surface area (Å²) in [6, 6.07) is 15.1. The molecule has 3 rings (SSSR count). The molecule has 0 aromatic heterocycles. The summed E-state index contributed by atoms with van der Waals surface area (Å²) in [6.07, 6.45) is 0. The zero-order valence-electron chi connectivity index (χ0n) is 13.2. The summed E-state index contributed by atoms with van der Waals surface area (Å²) in [6.45, 7) is 0.358. The van der Waals surface area contributed by atoms with Gasteiger partial charge < -0.3 is 19.7 Å². The second-order valence-corrected chi connectivity index (χ2v) is 6.59. The molecule has 0 heterocycles. The van der Waals surface area contributed by atoms with Gasteiger partial charge in [0.05, 0.1) is 15.1 Å². The van der Waals surface area contributed by atoms with Crippen LogP contribution < -0.4 is 9.47 Å². The van der Waals surface area contributed by atoms with Gasteiger partial charge in [-0.3, -0.25) is 0 Å². The monoisotopic (exact) mass is 410 g/mol. The highest BCUT2D eigenvalue weighted by atomic mass is 35.5. The first-order valence-electron chi connectivity index (χ1n) is 7.49. The van der Waals surface area contributed by atoms with Crippen LogP contribution in [0.15, 0.2) is 54.6 Å². The molecule has 0 spiro atoms. The maximum absolute atomic E-state index is 9.95. The Hall–Kier alpha value is -2.27. The first kappa shape index (κ1) is 18.5. The largest absolute Gasteiger partial charge is 0.508 e. The lowest BCUT2D eigenvalue weighted by molar-refractivity contribution is 0.306. The second-order valence-electron chi connectivity index (χ2n) is 5.37. The molecular weight excluding hydrogens is 399 g/mol. The second kappa shape index (κ2) is 7.96. The van der Waals surface area contributed by atoms with Crippen molar-refractivity contribution >= 4 is 34.8 Å². The maximum Gasteiger partial charge on any atom is 0.177 e. The van der Waals surface area contributed by atoms with Crippen molar-refractivity contribution in [2.24, 2.45) is 0 Å². The van der Waals surface area contributed by atoms with Crippen LogP contribution in [0.2, 0.25) is 15.1 Å². The Bertz CT molecular complexity index is 907. The predicted octanol–water partition coefficient (Wildman–Crippen LogP) is 6.43. The molecule has 3 aromatic carbocycles. The molecule has 26 heavy (non-hydrogen) atoms. The van der Waals surface area contributed by atoms with Gasteiger partial charge in [0.1, 0.15) is 18.1 Å². The van der Waals surface area contributed by atoms with E-state index in [4.69, 9.17) is 44.3 Å². The van der Waals surface area contributed by atoms with Gasteiger partial charge in [-0.15, -0.1) is 0 Å². The summed E-state index contributed by atoms with van der Waals surface area (Å²) in [7, 11) is 0. The number of phenols is 2. The molecular formula is C19H13Cl3O4. The number of aromatic hydroxyl groups is 2. The van der Waals surface area contributed by atoms with Gasteiger partial charge in [-0.2, -0.15) is 0 Å². The molecule has 0 unspecified atom stereocenters. The Kier molecular flexibility index (Phi) is 5.67. The fourth-order valence-electron chi connectivity index (χ4n) is 2.21. The molecule has 0 amide bonds. The van der Waals surface area contributed by atoms with E-state index in [9.17, 15) is 10.2 Å². The Morgan fingerprint density at radius 2 is 1.46 bits per heavy atom. The quantitative estimate of drug-likeness (QED) is 0.475. The van der Waals surface area contributed by atoms with Crippen LogP contribution in [-0.2, 0) is 6.61 Å². The highest BCUT2D eigenvalue weighted by molar-refractivity contribution is 6.37. The molecule has 0 aliphatic carbocycles. The van der Waals surface area contributed by atoms with Crippen molar-refractivity contribution in [2.75, 3.05) is 0 Å². The molecule has 0 aliphatic heterocycles. The Labute approximate surface area is 165 Å². The van der Waals surface area contributed by atoms with Crippen molar-refractivity contribution in [2.45, 2.75) is 6.61 Å². The van der Waals surface area contributed by atoms with E-state index in [2.05, 4.69) is 0 Å². The number of phenolic OH excluding ortho intramolecular Hbond substituents is 2. The van der Waals surface area contributed by atoms with Crippen LogP contribution in [0, 0.1) is 0 Å². The van der Waals surface area contributed by atoms with Crippen LogP contribution >= 0.6 is 34.8 Å². The first-order valence-corrected chi connectivity index (χ1v) is 8.62. The summed E-state index contributed by atoms with van der Waals surface area (Å²) in [4.78, 5) is 0. The predicted molar refractivity (Wildman–Crippen MR) is 102 cm³/mol. The molecule has 3 aromatic rings. The van der Waals surface area contributed by atoms with Crippen LogP contribution in [0.4, 0.5) is 0 Å². The highest BCUT2D eigenvalue weighted by Crippen LogP contribution is 2.45. The number of rotatable bonds is 5. The molecule has 0 saturated heterocycles. The van der Waals surface area contributed by atoms with E-state index >= 15 is 0 Å². The van der Waals surface area contributed by atoms with Crippen LogP contribution in [0.3, 0.4) is 0 Å². The van der Waals surface area contributed by atoms with Crippen molar-refractivity contribution in [1.82, 2.24) is 0 Å². The van der Waals surface area contributed by atoms with Gasteiger partial charge in [0.2, 0.25) is 0 Å². The number of halogens is 3. The number of benzene rings is 3. The van der Waals surface area contributed by atoms with Gasteiger partial charge in [0.15, 0.2) is 17.2 Å². The standard InChI is InChI=1S/C19H13Cl3O4/c20-14-6-12(23)7-17(18(14)24)26-19-15(21)8-13(9-16(19)22)25-10-11-4-2-1-3-5-11/h1-9,23-24H,10H2.